The van der Waals surface area contributed by atoms with E-state index < -0.39 is 63.9 Å². The Morgan fingerprint density at radius 3 is 2.24 bits per heavy atom. The third-order valence-corrected chi connectivity index (χ3v) is 10.4. The van der Waals surface area contributed by atoms with Crippen LogP contribution in [0.1, 0.15) is 56.2 Å². The second kappa shape index (κ2) is 10.4. The number of aromatic hydroxyl groups is 1. The summed E-state index contributed by atoms with van der Waals surface area (Å²) in [6.07, 6.45) is 2.28. The summed E-state index contributed by atoms with van der Waals surface area (Å²) in [5.74, 6) is -6.97. The van der Waals surface area contributed by atoms with Crippen molar-refractivity contribution in [2.24, 2.45) is 23.7 Å². The van der Waals surface area contributed by atoms with E-state index in [-0.39, 0.29) is 30.2 Å². The van der Waals surface area contributed by atoms with Gasteiger partial charge in [-0.2, -0.15) is 5.01 Å². The number of phenolic OH excluding ortho intramolecular Hbond substituents is 1. The van der Waals surface area contributed by atoms with Crippen LogP contribution in [0.4, 0.5) is 10.1 Å². The summed E-state index contributed by atoms with van der Waals surface area (Å²) in [6.45, 7) is 7.38. The third-order valence-electron chi connectivity index (χ3n) is 10.4. The fourth-order valence-corrected chi connectivity index (χ4v) is 8.52. The van der Waals surface area contributed by atoms with Crippen molar-refractivity contribution in [1.82, 2.24) is 9.91 Å². The Kier molecular flexibility index (Phi) is 6.74. The first kappa shape index (κ1) is 29.9. The van der Waals surface area contributed by atoms with E-state index >= 15 is 9.18 Å². The number of benzene rings is 3. The van der Waals surface area contributed by atoms with Crippen molar-refractivity contribution in [1.29, 1.82) is 0 Å². The van der Waals surface area contributed by atoms with Crippen molar-refractivity contribution in [3.63, 3.8) is 0 Å². The summed E-state index contributed by atoms with van der Waals surface area (Å²) < 4.78 is 15.2. The molecule has 46 heavy (non-hydrogen) atoms. The number of hydrogen-bond donors (Lipinski definition) is 2. The van der Waals surface area contributed by atoms with Gasteiger partial charge in [0.05, 0.1) is 28.9 Å². The molecule has 3 fully saturated rings. The van der Waals surface area contributed by atoms with Crippen LogP contribution in [0, 0.1) is 36.4 Å². The molecule has 2 saturated heterocycles. The first-order valence-corrected chi connectivity index (χ1v) is 15.7. The monoisotopic (exact) mass is 621 g/mol. The number of likely N-dealkylation sites (tertiary alicyclic amines) is 1. The number of allylic oxidation sites excluding steroid dienone is 2. The second-order valence-electron chi connectivity index (χ2n) is 14.0. The molecule has 236 valence electrons. The maximum absolute atomic E-state index is 15.2. The number of hydrazine groups is 1. The number of nitrogens with one attached hydrogen (secondary N) is 1. The number of para-hydroxylation sites is 1. The molecule has 0 aromatic heterocycles. The van der Waals surface area contributed by atoms with Gasteiger partial charge in [-0.1, -0.05) is 71.8 Å². The quantitative estimate of drug-likeness (QED) is 0.289. The number of halogens is 1. The van der Waals surface area contributed by atoms with Crippen LogP contribution >= 0.6 is 0 Å². The molecule has 0 radical (unpaired) electrons. The number of aryl methyl sites for hydroxylation is 1. The number of phenols is 1. The molecule has 6 atom stereocenters. The number of fused-ring (bicyclic) bond motifs is 4. The molecule has 3 aromatic rings. The zero-order valence-electron chi connectivity index (χ0n) is 26.2. The average Bonchev–Trinajstić information content (AvgIpc) is 3.41. The maximum atomic E-state index is 15.2. The van der Waals surface area contributed by atoms with E-state index in [2.05, 4.69) is 5.43 Å². The summed E-state index contributed by atoms with van der Waals surface area (Å²) in [5, 5.41) is 12.3. The standard InChI is InChI=1S/C37H36FN3O5/c1-20-13-15-22(16-14-20)39-41-33(44)27-19-26-23(17-18-24-29(26)34(45)40(32(24)43)36(2,3)4)30(25-11-8-12-28(38)31(25)42)37(27,35(41)46)21-9-6-5-7-10-21/h5-17,24,26-27,29-30,39,42H,18-19H2,1-4H3/t24-,26+,27-,29-,30+,37+/m0/s1. The summed E-state index contributed by atoms with van der Waals surface area (Å²) >= 11 is 0. The van der Waals surface area contributed by atoms with Crippen molar-refractivity contribution in [3.8, 4) is 5.75 Å². The number of rotatable bonds is 4. The predicted octanol–water partition coefficient (Wildman–Crippen LogP) is 5.62. The SMILES string of the molecule is Cc1ccc(NN2C(=O)[C@@H]3C[C@@H]4C(=CC[C@@H]5C(=O)N(C(C)(C)C)C(=O)[C@@H]54)[C@H](c4cccc(F)c4O)[C@]3(c3ccccc3)C2=O)cc1. The van der Waals surface area contributed by atoms with E-state index in [4.69, 9.17) is 0 Å². The van der Waals surface area contributed by atoms with Crippen LogP contribution in [0.3, 0.4) is 0 Å². The van der Waals surface area contributed by atoms with Crippen molar-refractivity contribution < 1.29 is 28.7 Å². The highest BCUT2D eigenvalue weighted by atomic mass is 19.1. The van der Waals surface area contributed by atoms with Gasteiger partial charge in [-0.25, -0.2) is 4.39 Å². The van der Waals surface area contributed by atoms with Crippen LogP contribution in [0.25, 0.3) is 0 Å². The minimum atomic E-state index is -1.58. The first-order valence-electron chi connectivity index (χ1n) is 15.7. The molecule has 8 nitrogen and oxygen atoms in total. The molecule has 2 aliphatic carbocycles. The Morgan fingerprint density at radius 2 is 1.57 bits per heavy atom. The van der Waals surface area contributed by atoms with E-state index in [1.54, 1.807) is 42.5 Å². The number of imide groups is 2. The number of carbonyl (C=O) groups excluding carboxylic acids is 4. The number of anilines is 1. The van der Waals surface area contributed by atoms with Gasteiger partial charge in [0, 0.05) is 17.0 Å². The molecule has 1 saturated carbocycles. The highest BCUT2D eigenvalue weighted by Crippen LogP contribution is 2.65. The largest absolute Gasteiger partial charge is 0.505 e. The van der Waals surface area contributed by atoms with Gasteiger partial charge in [0.25, 0.3) is 11.8 Å². The average molecular weight is 622 g/mol. The Bertz CT molecular complexity index is 1810. The summed E-state index contributed by atoms with van der Waals surface area (Å²) in [5.41, 5.74) is 3.62. The van der Waals surface area contributed by atoms with Gasteiger partial charge in [0.1, 0.15) is 0 Å². The lowest BCUT2D eigenvalue weighted by atomic mass is 9.49. The highest BCUT2D eigenvalue weighted by molar-refractivity contribution is 6.13. The highest BCUT2D eigenvalue weighted by Gasteiger charge is 2.71. The summed E-state index contributed by atoms with van der Waals surface area (Å²) in [7, 11) is 0. The van der Waals surface area contributed by atoms with Crippen LogP contribution < -0.4 is 5.43 Å². The molecule has 0 unspecified atom stereocenters. The third kappa shape index (κ3) is 4.10. The van der Waals surface area contributed by atoms with E-state index in [1.807, 2.05) is 52.0 Å². The number of hydrogen-bond acceptors (Lipinski definition) is 6. The van der Waals surface area contributed by atoms with E-state index in [0.29, 0.717) is 16.8 Å². The van der Waals surface area contributed by atoms with Crippen LogP contribution in [0.5, 0.6) is 5.75 Å². The molecule has 0 spiro atoms. The molecular formula is C37H36FN3O5. The Balaban J connectivity index is 1.47. The van der Waals surface area contributed by atoms with Crippen molar-refractivity contribution in [2.75, 3.05) is 5.43 Å². The molecule has 2 N–H and O–H groups in total. The van der Waals surface area contributed by atoms with Crippen LogP contribution in [-0.2, 0) is 24.6 Å². The minimum absolute atomic E-state index is 0.127. The van der Waals surface area contributed by atoms with E-state index in [0.717, 1.165) is 16.6 Å². The summed E-state index contributed by atoms with van der Waals surface area (Å²) in [6, 6.07) is 20.4. The fourth-order valence-electron chi connectivity index (χ4n) is 8.52. The Labute approximate surface area is 266 Å². The topological polar surface area (TPSA) is 107 Å². The van der Waals surface area contributed by atoms with Crippen molar-refractivity contribution in [2.45, 2.75) is 57.4 Å². The van der Waals surface area contributed by atoms with Gasteiger partial charge in [0.2, 0.25) is 11.8 Å². The first-order chi connectivity index (χ1) is 21.9. The molecule has 0 bridgehead atoms. The van der Waals surface area contributed by atoms with Gasteiger partial charge < -0.3 is 5.11 Å². The fraction of sp³-hybridized carbons (Fsp3) is 0.351. The molecule has 7 rings (SSSR count). The smallest absolute Gasteiger partial charge is 0.260 e. The molecular weight excluding hydrogens is 585 g/mol. The second-order valence-corrected chi connectivity index (χ2v) is 14.0. The van der Waals surface area contributed by atoms with Gasteiger partial charge >= 0.3 is 0 Å². The molecule has 4 aliphatic rings. The number of carbonyl (C=O) groups is 4. The zero-order chi connectivity index (χ0) is 32.7. The van der Waals surface area contributed by atoms with Crippen LogP contribution in [0.2, 0.25) is 0 Å². The van der Waals surface area contributed by atoms with Crippen molar-refractivity contribution in [3.05, 3.63) is 107 Å². The van der Waals surface area contributed by atoms with E-state index in [9.17, 15) is 19.5 Å². The van der Waals surface area contributed by atoms with Gasteiger partial charge in [-0.05, 0) is 70.2 Å². The molecule has 9 heteroatoms. The van der Waals surface area contributed by atoms with Crippen LogP contribution in [0.15, 0.2) is 84.4 Å². The Hall–Kier alpha value is -4.79. The molecule has 4 amide bonds. The van der Waals surface area contributed by atoms with Crippen LogP contribution in [-0.4, -0.2) is 44.2 Å². The lowest BCUT2D eigenvalue weighted by molar-refractivity contribution is -0.146. The number of amides is 4. The molecule has 3 aromatic carbocycles. The normalized spacial score (nSPS) is 29.0. The Morgan fingerprint density at radius 1 is 0.870 bits per heavy atom. The lowest BCUT2D eigenvalue weighted by Gasteiger charge is -2.50. The molecule has 2 aliphatic heterocycles. The number of nitrogens with zero attached hydrogens (tertiary/aromatic N) is 2. The molecule has 2 heterocycles. The zero-order valence-corrected chi connectivity index (χ0v) is 26.2. The van der Waals surface area contributed by atoms with E-state index in [1.165, 1.54) is 11.0 Å². The maximum Gasteiger partial charge on any atom is 0.260 e. The van der Waals surface area contributed by atoms with Crippen molar-refractivity contribution >= 4 is 29.3 Å². The van der Waals surface area contributed by atoms with Gasteiger partial charge in [-0.15, -0.1) is 0 Å². The van der Waals surface area contributed by atoms with Gasteiger partial charge in [0.15, 0.2) is 11.6 Å². The summed E-state index contributed by atoms with van der Waals surface area (Å²) in [4.78, 5) is 58.8. The lowest BCUT2D eigenvalue weighted by Crippen LogP contribution is -2.53. The predicted molar refractivity (Wildman–Crippen MR) is 168 cm³/mol. The van der Waals surface area contributed by atoms with Gasteiger partial charge in [-0.3, -0.25) is 29.5 Å². The minimum Gasteiger partial charge on any atom is -0.505 e.